The number of aliphatic carboxylic acids is 1. The van der Waals surface area contributed by atoms with Crippen LogP contribution in [0.1, 0.15) is 18.4 Å². The molecule has 0 bridgehead atoms. The molecule has 94 valence electrons. The summed E-state index contributed by atoms with van der Waals surface area (Å²) in [6.07, 6.45) is 2.20. The van der Waals surface area contributed by atoms with Gasteiger partial charge in [-0.05, 0) is 30.9 Å². The Hall–Kier alpha value is -1.84. The first-order chi connectivity index (χ1) is 8.68. The summed E-state index contributed by atoms with van der Waals surface area (Å²) in [6, 6.07) is 7.85. The number of para-hydroxylation sites is 1. The van der Waals surface area contributed by atoms with Gasteiger partial charge in [0.15, 0.2) is 0 Å². The van der Waals surface area contributed by atoms with Gasteiger partial charge in [0, 0.05) is 12.2 Å². The molecule has 0 radical (unpaired) electrons. The van der Waals surface area contributed by atoms with Crippen molar-refractivity contribution in [2.75, 3.05) is 11.4 Å². The summed E-state index contributed by atoms with van der Waals surface area (Å²) in [5.41, 5.74) is 2.13. The average Bonchev–Trinajstić information content (AvgIpc) is 2.70. The number of amides is 1. The molecule has 2 unspecified atom stereocenters. The molecule has 1 fully saturated rings. The van der Waals surface area contributed by atoms with E-state index in [0.29, 0.717) is 19.4 Å². The molecule has 0 aromatic heterocycles. The molecule has 3 rings (SSSR count). The van der Waals surface area contributed by atoms with Crippen LogP contribution in [-0.4, -0.2) is 23.5 Å². The van der Waals surface area contributed by atoms with Gasteiger partial charge in [-0.3, -0.25) is 9.59 Å². The normalized spacial score (nSPS) is 25.4. The van der Waals surface area contributed by atoms with Gasteiger partial charge in [0.05, 0.1) is 11.8 Å². The van der Waals surface area contributed by atoms with E-state index in [-0.39, 0.29) is 11.8 Å². The molecule has 0 spiro atoms. The van der Waals surface area contributed by atoms with Crippen molar-refractivity contribution in [3.05, 3.63) is 29.8 Å². The molecule has 1 heterocycles. The van der Waals surface area contributed by atoms with E-state index >= 15 is 0 Å². The molecule has 1 amide bonds. The second-order valence-corrected chi connectivity index (χ2v) is 5.00. The average molecular weight is 245 g/mol. The fourth-order valence-electron chi connectivity index (χ4n) is 2.86. The minimum atomic E-state index is -0.841. The van der Waals surface area contributed by atoms with Gasteiger partial charge in [-0.15, -0.1) is 0 Å². The van der Waals surface area contributed by atoms with E-state index in [0.717, 1.165) is 12.1 Å². The van der Waals surface area contributed by atoms with Gasteiger partial charge in [-0.25, -0.2) is 0 Å². The summed E-state index contributed by atoms with van der Waals surface area (Å²) < 4.78 is 0. The van der Waals surface area contributed by atoms with Crippen LogP contribution in [0.15, 0.2) is 24.3 Å². The number of hydrogen-bond donors (Lipinski definition) is 1. The Balaban J connectivity index is 1.81. The monoisotopic (exact) mass is 245 g/mol. The van der Waals surface area contributed by atoms with Crippen molar-refractivity contribution in [3.63, 3.8) is 0 Å². The van der Waals surface area contributed by atoms with Crippen molar-refractivity contribution in [2.45, 2.75) is 19.3 Å². The van der Waals surface area contributed by atoms with Crippen LogP contribution in [-0.2, 0) is 16.0 Å². The Morgan fingerprint density at radius 1 is 1.17 bits per heavy atom. The number of carboxylic acid groups (broad SMARTS) is 1. The van der Waals surface area contributed by atoms with E-state index < -0.39 is 11.9 Å². The van der Waals surface area contributed by atoms with Gasteiger partial charge in [0.25, 0.3) is 0 Å². The predicted octanol–water partition coefficient (Wildman–Crippen LogP) is 1.69. The summed E-state index contributed by atoms with van der Waals surface area (Å²) >= 11 is 0. The van der Waals surface area contributed by atoms with Gasteiger partial charge in [-0.1, -0.05) is 18.2 Å². The fraction of sp³-hybridized carbons (Fsp3) is 0.429. The van der Waals surface area contributed by atoms with Crippen molar-refractivity contribution >= 4 is 17.6 Å². The number of carbonyl (C=O) groups is 2. The highest BCUT2D eigenvalue weighted by Gasteiger charge is 2.44. The highest BCUT2D eigenvalue weighted by Crippen LogP contribution is 2.38. The molecule has 0 saturated heterocycles. The summed E-state index contributed by atoms with van der Waals surface area (Å²) in [6.45, 7) is 0.682. The Bertz CT molecular complexity index is 512. The zero-order valence-electron chi connectivity index (χ0n) is 10.0. The number of hydrogen-bond acceptors (Lipinski definition) is 2. The first kappa shape index (κ1) is 11.3. The highest BCUT2D eigenvalue weighted by atomic mass is 16.4. The van der Waals surface area contributed by atoms with Gasteiger partial charge in [0.1, 0.15) is 0 Å². The Morgan fingerprint density at radius 2 is 1.89 bits per heavy atom. The summed E-state index contributed by atoms with van der Waals surface area (Å²) in [7, 11) is 0. The van der Waals surface area contributed by atoms with Gasteiger partial charge in [-0.2, -0.15) is 0 Å². The van der Waals surface area contributed by atoms with Crippen LogP contribution in [0.25, 0.3) is 0 Å². The van der Waals surface area contributed by atoms with Gasteiger partial charge >= 0.3 is 5.97 Å². The zero-order valence-corrected chi connectivity index (χ0v) is 10.0. The highest BCUT2D eigenvalue weighted by molar-refractivity contribution is 5.99. The SMILES string of the molecule is O=C(O)C1CCC1C(=O)N1CCc2ccccc21. The molecule has 1 aromatic carbocycles. The lowest BCUT2D eigenvalue weighted by Gasteiger charge is -2.35. The Morgan fingerprint density at radius 3 is 2.56 bits per heavy atom. The largest absolute Gasteiger partial charge is 0.481 e. The second-order valence-electron chi connectivity index (χ2n) is 5.00. The fourth-order valence-corrected chi connectivity index (χ4v) is 2.86. The van der Waals surface area contributed by atoms with E-state index in [4.69, 9.17) is 5.11 Å². The molecule has 1 aliphatic carbocycles. The number of nitrogens with zero attached hydrogens (tertiary/aromatic N) is 1. The van der Waals surface area contributed by atoms with Crippen molar-refractivity contribution < 1.29 is 14.7 Å². The van der Waals surface area contributed by atoms with Crippen LogP contribution < -0.4 is 4.90 Å². The molecule has 18 heavy (non-hydrogen) atoms. The molecule has 4 heteroatoms. The smallest absolute Gasteiger partial charge is 0.307 e. The van der Waals surface area contributed by atoms with Crippen LogP contribution in [0.5, 0.6) is 0 Å². The van der Waals surface area contributed by atoms with Crippen LogP contribution >= 0.6 is 0 Å². The number of carbonyl (C=O) groups excluding carboxylic acids is 1. The van der Waals surface area contributed by atoms with Crippen molar-refractivity contribution in [3.8, 4) is 0 Å². The standard InChI is InChI=1S/C14H15NO3/c16-13(10-5-6-11(10)14(17)18)15-8-7-9-3-1-2-4-12(9)15/h1-4,10-11H,5-8H2,(H,17,18). The number of rotatable bonds is 2. The lowest BCUT2D eigenvalue weighted by atomic mass is 9.73. The molecule has 2 aliphatic rings. The lowest BCUT2D eigenvalue weighted by Crippen LogP contribution is -2.45. The third-order valence-electron chi connectivity index (χ3n) is 4.06. The quantitative estimate of drug-likeness (QED) is 0.862. The minimum Gasteiger partial charge on any atom is -0.481 e. The van der Waals surface area contributed by atoms with Crippen molar-refractivity contribution in [1.29, 1.82) is 0 Å². The van der Waals surface area contributed by atoms with Crippen LogP contribution in [0.2, 0.25) is 0 Å². The topological polar surface area (TPSA) is 57.6 Å². The third kappa shape index (κ3) is 1.60. The third-order valence-corrected chi connectivity index (χ3v) is 4.06. The number of fused-ring (bicyclic) bond motifs is 1. The Labute approximate surface area is 105 Å². The van der Waals surface area contributed by atoms with E-state index in [1.54, 1.807) is 4.90 Å². The molecule has 1 saturated carbocycles. The minimum absolute atomic E-state index is 0.0152. The maximum Gasteiger partial charge on any atom is 0.307 e. The number of carboxylic acids is 1. The van der Waals surface area contributed by atoms with Crippen LogP contribution in [0, 0.1) is 11.8 Å². The van der Waals surface area contributed by atoms with Crippen LogP contribution in [0.4, 0.5) is 5.69 Å². The first-order valence-corrected chi connectivity index (χ1v) is 6.30. The summed E-state index contributed by atoms with van der Waals surface area (Å²) in [4.78, 5) is 25.1. The van der Waals surface area contributed by atoms with Gasteiger partial charge < -0.3 is 10.0 Å². The van der Waals surface area contributed by atoms with E-state index in [1.807, 2.05) is 24.3 Å². The number of anilines is 1. The zero-order chi connectivity index (χ0) is 12.7. The lowest BCUT2D eigenvalue weighted by molar-refractivity contribution is -0.151. The predicted molar refractivity (Wildman–Crippen MR) is 66.3 cm³/mol. The van der Waals surface area contributed by atoms with E-state index in [9.17, 15) is 9.59 Å². The maximum atomic E-state index is 12.4. The number of benzene rings is 1. The second kappa shape index (κ2) is 4.12. The molecular formula is C14H15NO3. The summed E-state index contributed by atoms with van der Waals surface area (Å²) in [5.74, 6) is -1.66. The van der Waals surface area contributed by atoms with E-state index in [1.165, 1.54) is 5.56 Å². The first-order valence-electron chi connectivity index (χ1n) is 6.30. The van der Waals surface area contributed by atoms with Crippen molar-refractivity contribution in [2.24, 2.45) is 11.8 Å². The Kier molecular flexibility index (Phi) is 2.58. The molecule has 4 nitrogen and oxygen atoms in total. The molecule has 1 N–H and O–H groups in total. The van der Waals surface area contributed by atoms with Crippen LogP contribution in [0.3, 0.4) is 0 Å². The molecule has 1 aromatic rings. The maximum absolute atomic E-state index is 12.4. The molecular weight excluding hydrogens is 230 g/mol. The molecule has 1 aliphatic heterocycles. The van der Waals surface area contributed by atoms with E-state index in [2.05, 4.69) is 0 Å². The molecule has 2 atom stereocenters. The van der Waals surface area contributed by atoms with Gasteiger partial charge in [0.2, 0.25) is 5.91 Å². The van der Waals surface area contributed by atoms with Crippen molar-refractivity contribution in [1.82, 2.24) is 0 Å². The summed E-state index contributed by atoms with van der Waals surface area (Å²) in [5, 5.41) is 9.02.